The Hall–Kier alpha value is -2.49. The summed E-state index contributed by atoms with van der Waals surface area (Å²) in [7, 11) is -1.22. The maximum atomic E-state index is 14.0. The highest BCUT2D eigenvalue weighted by Crippen LogP contribution is 2.41. The smallest absolute Gasteiger partial charge is 0.326 e. The van der Waals surface area contributed by atoms with Crippen molar-refractivity contribution in [1.82, 2.24) is 10.2 Å². The van der Waals surface area contributed by atoms with Crippen LogP contribution >= 0.6 is 23.2 Å². The zero-order valence-electron chi connectivity index (χ0n) is 22.2. The molecule has 1 aromatic carbocycles. The number of benzene rings is 1. The molecule has 0 aromatic heterocycles. The van der Waals surface area contributed by atoms with Crippen molar-refractivity contribution in [3.8, 4) is 0 Å². The summed E-state index contributed by atoms with van der Waals surface area (Å²) in [5.74, 6) is -2.95. The number of halogens is 3. The van der Waals surface area contributed by atoms with E-state index in [2.05, 4.69) is 5.32 Å². The fraction of sp³-hybridized carbons (Fsp3) is 0.483. The van der Waals surface area contributed by atoms with Crippen molar-refractivity contribution in [2.75, 3.05) is 19.3 Å². The van der Waals surface area contributed by atoms with Gasteiger partial charge in [0.25, 0.3) is 0 Å². The van der Waals surface area contributed by atoms with Crippen molar-refractivity contribution in [2.45, 2.75) is 66.6 Å². The Bertz CT molecular complexity index is 1300. The number of hydrogen-bond acceptors (Lipinski definition) is 4. The number of nitrogens with zero attached hydrogens (tertiary/aromatic N) is 1. The first-order chi connectivity index (χ1) is 19.0. The molecular formula is C29H33Cl2FN2O5S. The van der Waals surface area contributed by atoms with E-state index in [4.69, 9.17) is 23.2 Å². The summed E-state index contributed by atoms with van der Waals surface area (Å²) in [4.78, 5) is 40.3. The summed E-state index contributed by atoms with van der Waals surface area (Å²) in [5, 5.41) is 11.0. The number of hydrogen-bond donors (Lipinski definition) is 2. The lowest BCUT2D eigenvalue weighted by Gasteiger charge is -2.40. The van der Waals surface area contributed by atoms with Gasteiger partial charge in [-0.25, -0.2) is 9.18 Å². The van der Waals surface area contributed by atoms with Crippen LogP contribution in [0.1, 0.15) is 44.1 Å². The zero-order valence-corrected chi connectivity index (χ0v) is 24.5. The van der Waals surface area contributed by atoms with Gasteiger partial charge in [-0.15, -0.1) is 23.2 Å². The van der Waals surface area contributed by atoms with Crippen LogP contribution in [0.5, 0.6) is 0 Å². The molecule has 1 heterocycles. The number of amides is 2. The maximum Gasteiger partial charge on any atom is 0.326 e. The Labute approximate surface area is 245 Å². The van der Waals surface area contributed by atoms with Gasteiger partial charge in [-0.05, 0) is 72.9 Å². The largest absolute Gasteiger partial charge is 0.480 e. The van der Waals surface area contributed by atoms with E-state index in [1.807, 2.05) is 0 Å². The normalized spacial score (nSPS) is 25.0. The van der Waals surface area contributed by atoms with Crippen molar-refractivity contribution >= 4 is 51.8 Å². The van der Waals surface area contributed by atoms with E-state index >= 15 is 0 Å². The summed E-state index contributed by atoms with van der Waals surface area (Å²) in [6, 6.07) is 5.56. The van der Waals surface area contributed by atoms with Crippen molar-refractivity contribution < 1.29 is 28.1 Å². The third-order valence-corrected chi connectivity index (χ3v) is 9.61. The molecule has 2 N–H and O–H groups in total. The molecule has 2 unspecified atom stereocenters. The predicted octanol–water partition coefficient (Wildman–Crippen LogP) is 4.65. The molecule has 0 fully saturated rings. The number of carboxylic acids is 1. The molecule has 1 aromatic rings. The molecule has 3 aliphatic rings. The van der Waals surface area contributed by atoms with Crippen LogP contribution in [0.3, 0.4) is 0 Å². The van der Waals surface area contributed by atoms with Crippen LogP contribution in [0, 0.1) is 5.92 Å². The molecule has 40 heavy (non-hydrogen) atoms. The average Bonchev–Trinajstić information content (AvgIpc) is 2.91. The van der Waals surface area contributed by atoms with Crippen LogP contribution in [0.2, 0.25) is 0 Å². The van der Waals surface area contributed by atoms with Gasteiger partial charge < -0.3 is 15.3 Å². The number of aliphatic carboxylic acids is 1. The number of rotatable bonds is 8. The first-order valence-corrected chi connectivity index (χ1v) is 15.8. The van der Waals surface area contributed by atoms with Crippen LogP contribution in [0.25, 0.3) is 0 Å². The molecule has 4 rings (SSSR count). The summed E-state index contributed by atoms with van der Waals surface area (Å²) in [6.45, 7) is 0.731. The van der Waals surface area contributed by atoms with Gasteiger partial charge in [0.05, 0.1) is 16.7 Å². The molecular weight excluding hydrogens is 578 g/mol. The summed E-state index contributed by atoms with van der Waals surface area (Å²) in [6.07, 6.45) is 8.13. The summed E-state index contributed by atoms with van der Waals surface area (Å²) >= 11 is 13.4. The number of nitrogens with one attached hydrogen (secondary N) is 1. The lowest BCUT2D eigenvalue weighted by molar-refractivity contribution is -0.142. The van der Waals surface area contributed by atoms with Crippen molar-refractivity contribution in [1.29, 1.82) is 0 Å². The number of allylic oxidation sites excluding steroid dienone is 3. The molecule has 216 valence electrons. The lowest BCUT2D eigenvalue weighted by Crippen LogP contribution is -2.51. The van der Waals surface area contributed by atoms with Gasteiger partial charge in [0.2, 0.25) is 11.8 Å². The number of carbonyl (C=O) groups excluding carboxylic acids is 2. The van der Waals surface area contributed by atoms with E-state index in [1.165, 1.54) is 12.3 Å². The standard InChI is InChI=1S/C29H33Cl2FN2O5S/c1-40(39)20-7-4-5-17(13-20)14-24(29(37)38)33-28(36)26-22(30)15-19-16-34(12-11-21(19)27(26)31)25(35)10-9-18-6-2-3-8-23(18)32/h4-5,7,9-10,13,22,24,26-27H,2-3,6,8,11-12,14-16H2,1H3,(H,33,36)(H,37,38)/b10-9+/t22-,24-,26?,27+,40?/m0/s1. The SMILES string of the molecule is CS(=O)c1cccc(C[C@H](NC(=O)C2[C@H](Cl)C3=C(C[C@@H]2Cl)CN(C(=O)/C=C/C2=C(F)CCCC2)CC3)C(=O)O)c1. The maximum absolute atomic E-state index is 14.0. The van der Waals surface area contributed by atoms with E-state index in [0.717, 1.165) is 24.0 Å². The molecule has 0 spiro atoms. The van der Waals surface area contributed by atoms with Crippen molar-refractivity contribution in [3.63, 3.8) is 0 Å². The molecule has 1 aliphatic heterocycles. The minimum absolute atomic E-state index is 0.0120. The van der Waals surface area contributed by atoms with Gasteiger partial charge in [-0.2, -0.15) is 0 Å². The van der Waals surface area contributed by atoms with Gasteiger partial charge >= 0.3 is 5.97 Å². The fourth-order valence-electron chi connectivity index (χ4n) is 5.52. The Morgan fingerprint density at radius 3 is 2.67 bits per heavy atom. The molecule has 0 saturated carbocycles. The van der Waals surface area contributed by atoms with E-state index in [1.54, 1.807) is 35.2 Å². The molecule has 2 amide bonds. The van der Waals surface area contributed by atoms with Crippen LogP contribution < -0.4 is 5.32 Å². The van der Waals surface area contributed by atoms with E-state index in [0.29, 0.717) is 54.8 Å². The predicted molar refractivity (Wildman–Crippen MR) is 153 cm³/mol. The molecule has 0 saturated heterocycles. The Morgan fingerprint density at radius 2 is 1.98 bits per heavy atom. The first kappa shape index (κ1) is 30.5. The molecule has 7 nitrogen and oxygen atoms in total. The molecule has 0 radical (unpaired) electrons. The van der Waals surface area contributed by atoms with Crippen LogP contribution in [-0.2, 0) is 31.6 Å². The monoisotopic (exact) mass is 610 g/mol. The second kappa shape index (κ2) is 13.4. The van der Waals surface area contributed by atoms with Crippen LogP contribution in [-0.4, -0.2) is 68.1 Å². The lowest BCUT2D eigenvalue weighted by atomic mass is 9.79. The van der Waals surface area contributed by atoms with Gasteiger partial charge in [-0.3, -0.25) is 13.8 Å². The Kier molecular flexibility index (Phi) is 10.2. The molecule has 5 atom stereocenters. The third kappa shape index (κ3) is 7.22. The second-order valence-electron chi connectivity index (χ2n) is 10.5. The zero-order chi connectivity index (χ0) is 29.0. The highest BCUT2D eigenvalue weighted by molar-refractivity contribution is 7.84. The van der Waals surface area contributed by atoms with E-state index < -0.39 is 45.4 Å². The highest BCUT2D eigenvalue weighted by atomic mass is 35.5. The average molecular weight is 612 g/mol. The Morgan fingerprint density at radius 1 is 1.23 bits per heavy atom. The van der Waals surface area contributed by atoms with Crippen molar-refractivity contribution in [2.24, 2.45) is 5.92 Å². The topological polar surface area (TPSA) is 104 Å². The highest BCUT2D eigenvalue weighted by Gasteiger charge is 2.43. The molecule has 0 bridgehead atoms. The quantitative estimate of drug-likeness (QED) is 0.253. The van der Waals surface area contributed by atoms with Crippen molar-refractivity contribution in [3.05, 3.63) is 64.5 Å². The van der Waals surface area contributed by atoms with E-state index in [9.17, 15) is 28.1 Å². The van der Waals surface area contributed by atoms with Gasteiger partial charge in [-0.1, -0.05) is 18.2 Å². The minimum Gasteiger partial charge on any atom is -0.480 e. The number of alkyl halides is 2. The second-order valence-corrected chi connectivity index (χ2v) is 12.9. The van der Waals surface area contributed by atoms with E-state index in [-0.39, 0.29) is 18.2 Å². The van der Waals surface area contributed by atoms with Gasteiger partial charge in [0.15, 0.2) is 0 Å². The molecule has 11 heteroatoms. The minimum atomic E-state index is -1.22. The number of carboxylic acid groups (broad SMARTS) is 1. The Balaban J connectivity index is 1.42. The van der Waals surface area contributed by atoms with Crippen LogP contribution in [0.15, 0.2) is 63.9 Å². The van der Waals surface area contributed by atoms with Crippen LogP contribution in [0.4, 0.5) is 4.39 Å². The summed E-state index contributed by atoms with van der Waals surface area (Å²) < 4.78 is 25.8. The van der Waals surface area contributed by atoms with Gasteiger partial charge in [0.1, 0.15) is 11.9 Å². The molecule has 2 aliphatic carbocycles. The fourth-order valence-corrected chi connectivity index (χ4v) is 7.18. The summed E-state index contributed by atoms with van der Waals surface area (Å²) in [5.41, 5.74) is 2.97. The van der Waals surface area contributed by atoms with Gasteiger partial charge in [0, 0.05) is 47.5 Å². The first-order valence-electron chi connectivity index (χ1n) is 13.3. The number of carbonyl (C=O) groups is 3. The third-order valence-electron chi connectivity index (χ3n) is 7.73.